The van der Waals surface area contributed by atoms with Crippen LogP contribution in [0.4, 0.5) is 5.13 Å². The van der Waals surface area contributed by atoms with Crippen LogP contribution in [0, 0.1) is 0 Å². The van der Waals surface area contributed by atoms with E-state index in [4.69, 9.17) is 14.5 Å². The van der Waals surface area contributed by atoms with Crippen LogP contribution in [0.5, 0.6) is 11.5 Å². The molecule has 0 atom stereocenters. The topological polar surface area (TPSA) is 69.5 Å². The number of hydrogen-bond donors (Lipinski definition) is 0. The number of aromatic nitrogens is 3. The summed E-state index contributed by atoms with van der Waals surface area (Å²) in [6, 6.07) is 12.9. The van der Waals surface area contributed by atoms with Gasteiger partial charge in [0.15, 0.2) is 5.13 Å². The SMILES string of the molecule is COc1ccc(C(=O)N(CCCn2ccnc2)c2nc3c(OC)cccc3s2)cc1. The van der Waals surface area contributed by atoms with E-state index >= 15 is 0 Å². The minimum absolute atomic E-state index is 0.0960. The summed E-state index contributed by atoms with van der Waals surface area (Å²) in [7, 11) is 3.23. The Labute approximate surface area is 178 Å². The first-order valence-electron chi connectivity index (χ1n) is 9.55. The van der Waals surface area contributed by atoms with Crippen molar-refractivity contribution in [1.82, 2.24) is 14.5 Å². The third-order valence-electron chi connectivity index (χ3n) is 4.76. The lowest BCUT2D eigenvalue weighted by molar-refractivity contribution is 0.0986. The summed E-state index contributed by atoms with van der Waals surface area (Å²) in [4.78, 5) is 23.9. The second kappa shape index (κ2) is 8.96. The predicted molar refractivity (Wildman–Crippen MR) is 118 cm³/mol. The molecule has 4 aromatic rings. The van der Waals surface area contributed by atoms with Gasteiger partial charge in [0, 0.05) is 31.0 Å². The van der Waals surface area contributed by atoms with Crippen molar-refractivity contribution >= 4 is 32.6 Å². The number of hydrogen-bond acceptors (Lipinski definition) is 6. The summed E-state index contributed by atoms with van der Waals surface area (Å²) in [6.45, 7) is 1.30. The van der Waals surface area contributed by atoms with Crippen LogP contribution in [0.25, 0.3) is 10.2 Å². The standard InChI is InChI=1S/C22H22N4O3S/c1-28-17-9-7-16(8-10-17)21(27)26(13-4-12-25-14-11-23-15-25)22-24-20-18(29-2)5-3-6-19(20)30-22/h3,5-11,14-15H,4,12-13H2,1-2H3. The van der Waals surface area contributed by atoms with Gasteiger partial charge in [-0.2, -0.15) is 0 Å². The summed E-state index contributed by atoms with van der Waals surface area (Å²) < 4.78 is 13.6. The van der Waals surface area contributed by atoms with Crippen LogP contribution in [-0.2, 0) is 6.54 Å². The number of imidazole rings is 1. The van der Waals surface area contributed by atoms with Crippen molar-refractivity contribution in [3.05, 3.63) is 66.7 Å². The van der Waals surface area contributed by atoms with Crippen LogP contribution in [0.2, 0.25) is 0 Å². The number of carbonyl (C=O) groups excluding carboxylic acids is 1. The number of ether oxygens (including phenoxy) is 2. The first-order chi connectivity index (χ1) is 14.7. The van der Waals surface area contributed by atoms with Crippen LogP contribution in [0.3, 0.4) is 0 Å². The van der Waals surface area contributed by atoms with Gasteiger partial charge in [-0.3, -0.25) is 9.69 Å². The summed E-state index contributed by atoms with van der Waals surface area (Å²) in [5.41, 5.74) is 1.35. The van der Waals surface area contributed by atoms with Crippen molar-refractivity contribution in [2.24, 2.45) is 0 Å². The number of benzene rings is 2. The number of nitrogens with zero attached hydrogens (tertiary/aromatic N) is 4. The summed E-state index contributed by atoms with van der Waals surface area (Å²) in [5, 5.41) is 0.654. The van der Waals surface area contributed by atoms with Crippen LogP contribution in [-0.4, -0.2) is 41.2 Å². The average Bonchev–Trinajstić information content (AvgIpc) is 3.46. The Morgan fingerprint density at radius 1 is 1.13 bits per heavy atom. The molecule has 0 bridgehead atoms. The van der Waals surface area contributed by atoms with Crippen LogP contribution < -0.4 is 14.4 Å². The zero-order valence-corrected chi connectivity index (χ0v) is 17.6. The van der Waals surface area contributed by atoms with Crippen molar-refractivity contribution in [2.45, 2.75) is 13.0 Å². The van der Waals surface area contributed by atoms with E-state index in [1.54, 1.807) is 55.9 Å². The highest BCUT2D eigenvalue weighted by Crippen LogP contribution is 2.34. The molecule has 0 unspecified atom stereocenters. The Balaban J connectivity index is 1.64. The highest BCUT2D eigenvalue weighted by molar-refractivity contribution is 7.22. The minimum Gasteiger partial charge on any atom is -0.497 e. The zero-order chi connectivity index (χ0) is 20.9. The minimum atomic E-state index is -0.0960. The van der Waals surface area contributed by atoms with Gasteiger partial charge in [0.1, 0.15) is 17.0 Å². The van der Waals surface area contributed by atoms with E-state index < -0.39 is 0 Å². The summed E-state index contributed by atoms with van der Waals surface area (Å²) in [5.74, 6) is 1.31. The van der Waals surface area contributed by atoms with E-state index in [-0.39, 0.29) is 5.91 Å². The predicted octanol–water partition coefficient (Wildman–Crippen LogP) is 4.25. The first-order valence-corrected chi connectivity index (χ1v) is 10.4. The molecule has 0 fully saturated rings. The van der Waals surface area contributed by atoms with Gasteiger partial charge in [0.2, 0.25) is 0 Å². The smallest absolute Gasteiger partial charge is 0.260 e. The quantitative estimate of drug-likeness (QED) is 0.425. The number of fused-ring (bicyclic) bond motifs is 1. The third-order valence-corrected chi connectivity index (χ3v) is 5.80. The molecule has 0 N–H and O–H groups in total. The van der Waals surface area contributed by atoms with Crippen molar-refractivity contribution < 1.29 is 14.3 Å². The fourth-order valence-corrected chi connectivity index (χ4v) is 4.20. The number of rotatable bonds is 8. The first kappa shape index (κ1) is 19.9. The zero-order valence-electron chi connectivity index (χ0n) is 16.8. The molecule has 0 aliphatic carbocycles. The van der Waals surface area contributed by atoms with Gasteiger partial charge in [0.25, 0.3) is 5.91 Å². The lowest BCUT2D eigenvalue weighted by Crippen LogP contribution is -2.32. The Morgan fingerprint density at radius 2 is 1.97 bits per heavy atom. The highest BCUT2D eigenvalue weighted by atomic mass is 32.1. The molecular weight excluding hydrogens is 400 g/mol. The second-order valence-electron chi connectivity index (χ2n) is 6.64. The number of methoxy groups -OCH3 is 2. The van der Waals surface area contributed by atoms with Crippen LogP contribution >= 0.6 is 11.3 Å². The Morgan fingerprint density at radius 3 is 2.67 bits per heavy atom. The third kappa shape index (κ3) is 4.13. The molecule has 0 radical (unpaired) electrons. The molecule has 0 aliphatic heterocycles. The van der Waals surface area contributed by atoms with Gasteiger partial charge in [0.05, 0.1) is 25.2 Å². The van der Waals surface area contributed by atoms with Crippen molar-refractivity contribution in [1.29, 1.82) is 0 Å². The van der Waals surface area contributed by atoms with E-state index in [0.29, 0.717) is 28.7 Å². The van der Waals surface area contributed by atoms with Crippen molar-refractivity contribution in [2.75, 3.05) is 25.7 Å². The van der Waals surface area contributed by atoms with E-state index in [1.807, 2.05) is 29.0 Å². The summed E-state index contributed by atoms with van der Waals surface area (Å²) >= 11 is 1.48. The van der Waals surface area contributed by atoms with E-state index in [2.05, 4.69) is 4.98 Å². The molecule has 2 heterocycles. The molecule has 4 rings (SSSR count). The Hall–Kier alpha value is -3.39. The number of amides is 1. The monoisotopic (exact) mass is 422 g/mol. The molecular formula is C22H22N4O3S. The number of thiazole rings is 1. The van der Waals surface area contributed by atoms with Crippen LogP contribution in [0.1, 0.15) is 16.8 Å². The lowest BCUT2D eigenvalue weighted by Gasteiger charge is -2.20. The van der Waals surface area contributed by atoms with Gasteiger partial charge in [-0.1, -0.05) is 17.4 Å². The number of para-hydroxylation sites is 1. The van der Waals surface area contributed by atoms with Crippen molar-refractivity contribution in [3.63, 3.8) is 0 Å². The number of carbonyl (C=O) groups is 1. The molecule has 154 valence electrons. The van der Waals surface area contributed by atoms with E-state index in [9.17, 15) is 4.79 Å². The largest absolute Gasteiger partial charge is 0.497 e. The van der Waals surface area contributed by atoms with Gasteiger partial charge >= 0.3 is 0 Å². The molecule has 0 saturated heterocycles. The Kier molecular flexibility index (Phi) is 5.94. The fraction of sp³-hybridized carbons (Fsp3) is 0.227. The van der Waals surface area contributed by atoms with Gasteiger partial charge in [-0.05, 0) is 42.8 Å². The van der Waals surface area contributed by atoms with Gasteiger partial charge in [-0.15, -0.1) is 0 Å². The molecule has 7 nitrogen and oxygen atoms in total. The second-order valence-corrected chi connectivity index (χ2v) is 7.65. The molecule has 8 heteroatoms. The fourth-order valence-electron chi connectivity index (χ4n) is 3.20. The van der Waals surface area contributed by atoms with Gasteiger partial charge in [-0.25, -0.2) is 9.97 Å². The van der Waals surface area contributed by atoms with E-state index in [0.717, 1.165) is 23.2 Å². The molecule has 0 aliphatic rings. The summed E-state index contributed by atoms with van der Waals surface area (Å²) in [6.07, 6.45) is 6.21. The van der Waals surface area contributed by atoms with Crippen LogP contribution in [0.15, 0.2) is 61.2 Å². The Bertz CT molecular complexity index is 1120. The number of anilines is 1. The molecule has 2 aromatic carbocycles. The molecule has 2 aromatic heterocycles. The van der Waals surface area contributed by atoms with Gasteiger partial charge < -0.3 is 14.0 Å². The normalized spacial score (nSPS) is 10.9. The average molecular weight is 423 g/mol. The maximum absolute atomic E-state index is 13.4. The molecule has 1 amide bonds. The molecule has 0 spiro atoms. The van der Waals surface area contributed by atoms with Crippen molar-refractivity contribution in [3.8, 4) is 11.5 Å². The maximum atomic E-state index is 13.4. The maximum Gasteiger partial charge on any atom is 0.260 e. The molecule has 30 heavy (non-hydrogen) atoms. The lowest BCUT2D eigenvalue weighted by atomic mass is 10.2. The number of aryl methyl sites for hydroxylation is 1. The molecule has 0 saturated carbocycles. The highest BCUT2D eigenvalue weighted by Gasteiger charge is 2.22. The van der Waals surface area contributed by atoms with E-state index in [1.165, 1.54) is 11.3 Å².